The van der Waals surface area contributed by atoms with Gasteiger partial charge in [0.15, 0.2) is 5.78 Å². The van der Waals surface area contributed by atoms with E-state index in [0.717, 1.165) is 29.5 Å². The minimum absolute atomic E-state index is 0.138. The number of carbonyl (C=O) groups excluding carboxylic acids is 1. The third-order valence-electron chi connectivity index (χ3n) is 3.78. The van der Waals surface area contributed by atoms with Crippen LogP contribution in [0.1, 0.15) is 59.3 Å². The van der Waals surface area contributed by atoms with Crippen LogP contribution in [0, 0.1) is 33.6 Å². The lowest BCUT2D eigenvalue weighted by Crippen LogP contribution is -2.15. The molecule has 0 bridgehead atoms. The largest absolute Gasteiger partial charge is 0.294 e. The van der Waals surface area contributed by atoms with Crippen LogP contribution in [0.3, 0.4) is 0 Å². The maximum absolute atomic E-state index is 12.5. The second kappa shape index (κ2) is 5.48. The average Bonchev–Trinajstić information content (AvgIpc) is 2.27. The second-order valence-electron chi connectivity index (χ2n) is 5.19. The van der Waals surface area contributed by atoms with Crippen LogP contribution in [0.25, 0.3) is 0 Å². The summed E-state index contributed by atoms with van der Waals surface area (Å²) in [4.78, 5) is 12.5. The quantitative estimate of drug-likeness (QED) is 0.697. The normalized spacial score (nSPS) is 12.6. The van der Waals surface area contributed by atoms with Crippen LogP contribution in [0.2, 0.25) is 0 Å². The molecule has 0 aliphatic rings. The summed E-state index contributed by atoms with van der Waals surface area (Å²) in [6, 6.07) is 2.17. The predicted molar refractivity (Wildman–Crippen MR) is 73.8 cm³/mol. The maximum atomic E-state index is 12.5. The zero-order valence-corrected chi connectivity index (χ0v) is 12.0. The minimum Gasteiger partial charge on any atom is -0.294 e. The van der Waals surface area contributed by atoms with Gasteiger partial charge in [0, 0.05) is 11.5 Å². The third-order valence-corrected chi connectivity index (χ3v) is 3.78. The molecule has 0 radical (unpaired) electrons. The molecule has 94 valence electrons. The standard InChI is InChI=1S/C16H24O/c1-7-8-10(2)16(17)15-13(5)11(3)9-12(4)14(15)6/h9-10H,7-8H2,1-6H3. The number of Topliss-reactive ketones (excluding diaryl/α,β-unsaturated/α-hetero) is 1. The number of aryl methyl sites for hydroxylation is 2. The maximum Gasteiger partial charge on any atom is 0.166 e. The summed E-state index contributed by atoms with van der Waals surface area (Å²) in [5, 5.41) is 0. The Morgan fingerprint density at radius 3 is 2.00 bits per heavy atom. The molecular formula is C16H24O. The van der Waals surface area contributed by atoms with Gasteiger partial charge in [-0.2, -0.15) is 0 Å². The molecule has 0 aliphatic carbocycles. The molecule has 1 atom stereocenters. The SMILES string of the molecule is CCCC(C)C(=O)c1c(C)c(C)cc(C)c1C. The molecular weight excluding hydrogens is 208 g/mol. The summed E-state index contributed by atoms with van der Waals surface area (Å²) in [6.45, 7) is 12.5. The number of rotatable bonds is 4. The zero-order valence-electron chi connectivity index (χ0n) is 12.0. The number of carbonyl (C=O) groups is 1. The van der Waals surface area contributed by atoms with Crippen molar-refractivity contribution in [3.8, 4) is 0 Å². The molecule has 0 spiro atoms. The first kappa shape index (κ1) is 14.0. The smallest absolute Gasteiger partial charge is 0.166 e. The molecule has 0 saturated carbocycles. The van der Waals surface area contributed by atoms with Gasteiger partial charge in [-0.1, -0.05) is 26.3 Å². The summed E-state index contributed by atoms with van der Waals surface area (Å²) in [5.41, 5.74) is 5.71. The van der Waals surface area contributed by atoms with Gasteiger partial charge in [0.05, 0.1) is 0 Å². The Kier molecular flexibility index (Phi) is 4.50. The Hall–Kier alpha value is -1.11. The molecule has 1 aromatic carbocycles. The van der Waals surface area contributed by atoms with E-state index in [1.54, 1.807) is 0 Å². The first-order chi connectivity index (χ1) is 7.90. The van der Waals surface area contributed by atoms with E-state index in [-0.39, 0.29) is 5.92 Å². The molecule has 0 N–H and O–H groups in total. The Morgan fingerprint density at radius 2 is 1.59 bits per heavy atom. The summed E-state index contributed by atoms with van der Waals surface area (Å²) in [7, 11) is 0. The van der Waals surface area contributed by atoms with E-state index < -0.39 is 0 Å². The van der Waals surface area contributed by atoms with E-state index in [4.69, 9.17) is 0 Å². The lowest BCUT2D eigenvalue weighted by Gasteiger charge is -2.17. The van der Waals surface area contributed by atoms with E-state index >= 15 is 0 Å². The fourth-order valence-electron chi connectivity index (χ4n) is 2.40. The highest BCUT2D eigenvalue weighted by Gasteiger charge is 2.20. The lowest BCUT2D eigenvalue weighted by molar-refractivity contribution is 0.0922. The van der Waals surface area contributed by atoms with Crippen molar-refractivity contribution in [2.75, 3.05) is 0 Å². The summed E-state index contributed by atoms with van der Waals surface area (Å²) in [5.74, 6) is 0.451. The molecule has 0 aromatic heterocycles. The lowest BCUT2D eigenvalue weighted by atomic mass is 9.86. The fourth-order valence-corrected chi connectivity index (χ4v) is 2.40. The summed E-state index contributed by atoms with van der Waals surface area (Å²) >= 11 is 0. The van der Waals surface area contributed by atoms with Gasteiger partial charge in [-0.15, -0.1) is 0 Å². The molecule has 0 fully saturated rings. The Balaban J connectivity index is 3.26. The van der Waals surface area contributed by atoms with Crippen LogP contribution in [0.15, 0.2) is 6.07 Å². The van der Waals surface area contributed by atoms with Crippen molar-refractivity contribution >= 4 is 5.78 Å². The molecule has 0 aliphatic heterocycles. The second-order valence-corrected chi connectivity index (χ2v) is 5.19. The predicted octanol–water partition coefficient (Wildman–Crippen LogP) is 4.54. The van der Waals surface area contributed by atoms with E-state index in [1.807, 2.05) is 6.92 Å². The Morgan fingerprint density at radius 1 is 1.12 bits per heavy atom. The Bertz CT molecular complexity index is 403. The van der Waals surface area contributed by atoms with Gasteiger partial charge in [-0.3, -0.25) is 4.79 Å². The van der Waals surface area contributed by atoms with Gasteiger partial charge in [0.25, 0.3) is 0 Å². The van der Waals surface area contributed by atoms with Crippen LogP contribution in [0.5, 0.6) is 0 Å². The van der Waals surface area contributed by atoms with Crippen molar-refractivity contribution < 1.29 is 4.79 Å². The molecule has 17 heavy (non-hydrogen) atoms. The fraction of sp³-hybridized carbons (Fsp3) is 0.562. The van der Waals surface area contributed by atoms with E-state index in [1.165, 1.54) is 11.1 Å². The highest BCUT2D eigenvalue weighted by Crippen LogP contribution is 2.25. The number of benzene rings is 1. The minimum atomic E-state index is 0.138. The van der Waals surface area contributed by atoms with E-state index in [2.05, 4.69) is 40.7 Å². The van der Waals surface area contributed by atoms with Gasteiger partial charge in [-0.25, -0.2) is 0 Å². The summed E-state index contributed by atoms with van der Waals surface area (Å²) in [6.07, 6.45) is 2.04. The van der Waals surface area contributed by atoms with Crippen LogP contribution in [-0.4, -0.2) is 5.78 Å². The Labute approximate surface area is 105 Å². The molecule has 0 amide bonds. The molecule has 1 nitrogen and oxygen atoms in total. The van der Waals surface area contributed by atoms with Crippen LogP contribution < -0.4 is 0 Å². The van der Waals surface area contributed by atoms with E-state index in [9.17, 15) is 4.79 Å². The van der Waals surface area contributed by atoms with Crippen LogP contribution in [-0.2, 0) is 0 Å². The average molecular weight is 232 g/mol. The van der Waals surface area contributed by atoms with Crippen molar-refractivity contribution in [2.24, 2.45) is 5.92 Å². The molecule has 1 aromatic rings. The highest BCUT2D eigenvalue weighted by atomic mass is 16.1. The van der Waals surface area contributed by atoms with Gasteiger partial charge < -0.3 is 0 Å². The molecule has 0 saturated heterocycles. The van der Waals surface area contributed by atoms with E-state index in [0.29, 0.717) is 5.78 Å². The van der Waals surface area contributed by atoms with Crippen molar-refractivity contribution in [3.63, 3.8) is 0 Å². The third kappa shape index (κ3) is 2.77. The van der Waals surface area contributed by atoms with Crippen molar-refractivity contribution in [1.29, 1.82) is 0 Å². The first-order valence-electron chi connectivity index (χ1n) is 6.51. The monoisotopic (exact) mass is 232 g/mol. The number of hydrogen-bond donors (Lipinski definition) is 0. The molecule has 1 rings (SSSR count). The van der Waals surface area contributed by atoms with Crippen LogP contribution >= 0.6 is 0 Å². The van der Waals surface area contributed by atoms with Crippen molar-refractivity contribution in [3.05, 3.63) is 33.9 Å². The van der Waals surface area contributed by atoms with Crippen LogP contribution in [0.4, 0.5) is 0 Å². The van der Waals surface area contributed by atoms with Gasteiger partial charge in [0.1, 0.15) is 0 Å². The first-order valence-corrected chi connectivity index (χ1v) is 6.51. The van der Waals surface area contributed by atoms with Gasteiger partial charge in [0.2, 0.25) is 0 Å². The summed E-state index contributed by atoms with van der Waals surface area (Å²) < 4.78 is 0. The molecule has 1 heteroatoms. The number of hydrogen-bond acceptors (Lipinski definition) is 1. The van der Waals surface area contributed by atoms with Crippen molar-refractivity contribution in [2.45, 2.75) is 54.4 Å². The van der Waals surface area contributed by atoms with Gasteiger partial charge in [-0.05, 0) is 56.4 Å². The van der Waals surface area contributed by atoms with Gasteiger partial charge >= 0.3 is 0 Å². The topological polar surface area (TPSA) is 17.1 Å². The zero-order chi connectivity index (χ0) is 13.2. The molecule has 1 unspecified atom stereocenters. The molecule has 0 heterocycles. The highest BCUT2D eigenvalue weighted by molar-refractivity contribution is 6.00. The number of ketones is 1. The van der Waals surface area contributed by atoms with Crippen molar-refractivity contribution in [1.82, 2.24) is 0 Å².